The van der Waals surface area contributed by atoms with Crippen molar-refractivity contribution in [2.45, 2.75) is 75.9 Å². The first-order valence-electron chi connectivity index (χ1n) is 16.4. The summed E-state index contributed by atoms with van der Waals surface area (Å²) >= 11 is 5.75. The number of Topliss-reactive ketones (excluding diaryl/α,β-unsaturated/α-hetero) is 1. The van der Waals surface area contributed by atoms with Crippen LogP contribution in [-0.2, 0) is 41.6 Å². The lowest BCUT2D eigenvalue weighted by Gasteiger charge is -2.39. The molecule has 4 rings (SSSR count). The number of carboxylic acids is 1. The van der Waals surface area contributed by atoms with Crippen LogP contribution in [0.5, 0.6) is 5.75 Å². The molecule has 4 atom stereocenters. The summed E-state index contributed by atoms with van der Waals surface area (Å²) in [5.74, 6) is -5.12. The van der Waals surface area contributed by atoms with Crippen LogP contribution in [0.3, 0.4) is 0 Å². The SMILES string of the molecule is CN(C(=O)CCl)[C@@H](CCC(=O)O)C(=O)N1CCCC[C@H]1C(=O)N[C@@H](CC1=CCc2ccccc21)C(=O)C[C@@H](Cc1ccc(O)cc1)C(N)=O. The predicted octanol–water partition coefficient (Wildman–Crippen LogP) is 2.82. The number of halogens is 1. The van der Waals surface area contributed by atoms with Crippen LogP contribution in [0.1, 0.15) is 61.6 Å². The molecular formula is C36H43ClN4O8. The first kappa shape index (κ1) is 37.1. The molecule has 12 nitrogen and oxygen atoms in total. The summed E-state index contributed by atoms with van der Waals surface area (Å²) in [6, 6.07) is 10.8. The number of benzene rings is 2. The van der Waals surface area contributed by atoms with Crippen LogP contribution in [0.2, 0.25) is 0 Å². The van der Waals surface area contributed by atoms with Crippen molar-refractivity contribution < 1.29 is 39.0 Å². The van der Waals surface area contributed by atoms with Gasteiger partial charge < -0.3 is 31.1 Å². The number of hydrogen-bond acceptors (Lipinski definition) is 7. The average Bonchev–Trinajstić information content (AvgIpc) is 3.50. The quantitative estimate of drug-likeness (QED) is 0.193. The van der Waals surface area contributed by atoms with Crippen LogP contribution < -0.4 is 11.1 Å². The highest BCUT2D eigenvalue weighted by Crippen LogP contribution is 2.31. The Bertz CT molecular complexity index is 1590. The van der Waals surface area contributed by atoms with Crippen molar-refractivity contribution >= 4 is 52.6 Å². The standard InChI is InChI=1S/C36H43ClN4O8/c1-40(32(44)21-37)30(15-16-33(45)46)36(49)41-17-5-4-8-29(41)35(48)39-28(19-24-12-11-23-6-2-3-7-27(23)24)31(43)20-25(34(38)47)18-22-9-13-26(42)14-10-22/h2-3,6-7,9-10,12-14,25,28-30,42H,4-5,8,11,15-21H2,1H3,(H2,38,47)(H,39,48)(H,45,46)/t25-,28+,29+,30+/m1/s1. The molecule has 0 saturated carbocycles. The molecule has 0 bridgehead atoms. The molecule has 1 heterocycles. The van der Waals surface area contributed by atoms with E-state index in [1.807, 2.05) is 30.3 Å². The van der Waals surface area contributed by atoms with Gasteiger partial charge >= 0.3 is 5.97 Å². The zero-order valence-corrected chi connectivity index (χ0v) is 28.2. The van der Waals surface area contributed by atoms with E-state index in [1.165, 1.54) is 24.1 Å². The van der Waals surface area contributed by atoms with Gasteiger partial charge in [-0.05, 0) is 72.9 Å². The number of likely N-dealkylation sites (N-methyl/N-ethyl adjacent to an activating group) is 1. The number of amides is 4. The van der Waals surface area contributed by atoms with Gasteiger partial charge in [0.2, 0.25) is 23.6 Å². The van der Waals surface area contributed by atoms with E-state index in [4.69, 9.17) is 17.3 Å². The number of ketones is 1. The number of nitrogens with two attached hydrogens (primary N) is 1. The third kappa shape index (κ3) is 9.69. The minimum Gasteiger partial charge on any atom is -0.508 e. The van der Waals surface area contributed by atoms with E-state index in [2.05, 4.69) is 5.32 Å². The number of aromatic hydroxyl groups is 1. The van der Waals surface area contributed by atoms with Crippen molar-refractivity contribution in [2.24, 2.45) is 11.7 Å². The molecule has 1 fully saturated rings. The fourth-order valence-corrected chi connectivity index (χ4v) is 6.72. The Morgan fingerprint density at radius 1 is 1.04 bits per heavy atom. The fourth-order valence-electron chi connectivity index (χ4n) is 6.53. The summed E-state index contributed by atoms with van der Waals surface area (Å²) in [6.07, 6.45) is 3.73. The van der Waals surface area contributed by atoms with Crippen LogP contribution in [-0.4, -0.2) is 93.0 Å². The maximum absolute atomic E-state index is 14.1. The van der Waals surface area contributed by atoms with E-state index >= 15 is 0 Å². The van der Waals surface area contributed by atoms with Crippen molar-refractivity contribution in [2.75, 3.05) is 19.5 Å². The molecule has 1 saturated heterocycles. The Hall–Kier alpha value is -4.71. The number of nitrogens with one attached hydrogen (secondary N) is 1. The van der Waals surface area contributed by atoms with Crippen molar-refractivity contribution in [3.05, 3.63) is 71.3 Å². The number of fused-ring (bicyclic) bond motifs is 1. The van der Waals surface area contributed by atoms with Crippen molar-refractivity contribution in [3.8, 4) is 5.75 Å². The van der Waals surface area contributed by atoms with Gasteiger partial charge in [0.1, 0.15) is 23.7 Å². The zero-order chi connectivity index (χ0) is 35.7. The van der Waals surface area contributed by atoms with Crippen molar-refractivity contribution in [1.82, 2.24) is 15.1 Å². The fraction of sp³-hybridized carbons (Fsp3) is 0.444. The van der Waals surface area contributed by atoms with Gasteiger partial charge in [-0.2, -0.15) is 0 Å². The lowest BCUT2D eigenvalue weighted by molar-refractivity contribution is -0.151. The van der Waals surface area contributed by atoms with Gasteiger partial charge in [-0.1, -0.05) is 42.5 Å². The monoisotopic (exact) mass is 694 g/mol. The van der Waals surface area contributed by atoms with E-state index in [0.29, 0.717) is 31.2 Å². The lowest BCUT2D eigenvalue weighted by atomic mass is 9.88. The van der Waals surface area contributed by atoms with E-state index < -0.39 is 65.3 Å². The van der Waals surface area contributed by atoms with Gasteiger partial charge in [-0.3, -0.25) is 28.8 Å². The highest BCUT2D eigenvalue weighted by atomic mass is 35.5. The van der Waals surface area contributed by atoms with Crippen molar-refractivity contribution in [1.29, 1.82) is 0 Å². The van der Waals surface area contributed by atoms with E-state index in [0.717, 1.165) is 21.6 Å². The maximum Gasteiger partial charge on any atom is 0.303 e. The number of aliphatic carboxylic acids is 1. The Morgan fingerprint density at radius 3 is 2.43 bits per heavy atom. The lowest BCUT2D eigenvalue weighted by Crippen LogP contribution is -2.59. The summed E-state index contributed by atoms with van der Waals surface area (Å²) in [5, 5.41) is 21.8. The summed E-state index contributed by atoms with van der Waals surface area (Å²) in [7, 11) is 1.38. The second-order valence-electron chi connectivity index (χ2n) is 12.6. The largest absolute Gasteiger partial charge is 0.508 e. The number of carbonyl (C=O) groups excluding carboxylic acids is 5. The second kappa shape index (κ2) is 17.1. The molecule has 0 unspecified atom stereocenters. The Balaban J connectivity index is 1.58. The molecule has 2 aromatic carbocycles. The van der Waals surface area contributed by atoms with Crippen LogP contribution in [0.4, 0.5) is 0 Å². The summed E-state index contributed by atoms with van der Waals surface area (Å²) in [6.45, 7) is 0.205. The number of allylic oxidation sites excluding steroid dienone is 1. The molecule has 0 aromatic heterocycles. The third-order valence-electron chi connectivity index (χ3n) is 9.31. The summed E-state index contributed by atoms with van der Waals surface area (Å²) in [5.41, 5.74) is 9.36. The first-order chi connectivity index (χ1) is 23.4. The molecule has 2 aromatic rings. The molecular weight excluding hydrogens is 652 g/mol. The predicted molar refractivity (Wildman–Crippen MR) is 182 cm³/mol. The topological polar surface area (TPSA) is 187 Å². The molecule has 262 valence electrons. The summed E-state index contributed by atoms with van der Waals surface area (Å²) < 4.78 is 0. The number of carbonyl (C=O) groups is 6. The van der Waals surface area contributed by atoms with Gasteiger partial charge in [-0.15, -0.1) is 11.6 Å². The number of carboxylic acid groups (broad SMARTS) is 1. The molecule has 0 spiro atoms. The third-order valence-corrected chi connectivity index (χ3v) is 9.54. The van der Waals surface area contributed by atoms with Gasteiger partial charge in [0, 0.05) is 38.8 Å². The Labute approximate surface area is 290 Å². The van der Waals surface area contributed by atoms with Gasteiger partial charge in [0.05, 0.1) is 6.04 Å². The Morgan fingerprint density at radius 2 is 1.76 bits per heavy atom. The number of alkyl halides is 1. The number of piperidine rings is 1. The highest BCUT2D eigenvalue weighted by Gasteiger charge is 2.39. The second-order valence-corrected chi connectivity index (χ2v) is 12.9. The zero-order valence-electron chi connectivity index (χ0n) is 27.5. The smallest absolute Gasteiger partial charge is 0.303 e. The van der Waals surface area contributed by atoms with Crippen LogP contribution in [0.15, 0.2) is 54.6 Å². The number of primary amides is 1. The van der Waals surface area contributed by atoms with Gasteiger partial charge in [0.25, 0.3) is 0 Å². The normalized spacial score (nSPS) is 17.2. The molecule has 4 amide bonds. The molecule has 13 heteroatoms. The number of hydrogen-bond donors (Lipinski definition) is 4. The van der Waals surface area contributed by atoms with Crippen LogP contribution in [0.25, 0.3) is 5.57 Å². The number of phenolic OH excluding ortho intramolecular Hbond substituents is 1. The van der Waals surface area contributed by atoms with Crippen molar-refractivity contribution in [3.63, 3.8) is 0 Å². The van der Waals surface area contributed by atoms with E-state index in [1.54, 1.807) is 12.1 Å². The number of likely N-dealkylation sites (tertiary alicyclic amines) is 1. The minimum atomic E-state index is -1.15. The first-order valence-corrected chi connectivity index (χ1v) is 16.9. The van der Waals surface area contributed by atoms with Crippen LogP contribution in [0, 0.1) is 5.92 Å². The van der Waals surface area contributed by atoms with E-state index in [9.17, 15) is 39.0 Å². The van der Waals surface area contributed by atoms with Crippen LogP contribution >= 0.6 is 11.6 Å². The molecule has 0 radical (unpaired) electrons. The maximum atomic E-state index is 14.1. The minimum absolute atomic E-state index is 0.0593. The number of rotatable bonds is 16. The molecule has 2 aliphatic rings. The number of phenols is 1. The molecule has 1 aliphatic carbocycles. The van der Waals surface area contributed by atoms with Gasteiger partial charge in [-0.25, -0.2) is 0 Å². The Kier molecular flexibility index (Phi) is 13.0. The van der Waals surface area contributed by atoms with Gasteiger partial charge in [0.15, 0.2) is 5.78 Å². The molecule has 5 N–H and O–H groups in total. The summed E-state index contributed by atoms with van der Waals surface area (Å²) in [4.78, 5) is 80.8. The number of nitrogens with zero attached hydrogens (tertiary/aromatic N) is 2. The molecule has 1 aliphatic heterocycles. The highest BCUT2D eigenvalue weighted by molar-refractivity contribution is 6.27. The molecule has 49 heavy (non-hydrogen) atoms. The van der Waals surface area contributed by atoms with E-state index in [-0.39, 0.29) is 44.4 Å². The average molecular weight is 695 g/mol.